The maximum Gasteiger partial charge on any atom is 0.418 e. The van der Waals surface area contributed by atoms with Gasteiger partial charge in [-0.2, -0.15) is 13.2 Å². The van der Waals surface area contributed by atoms with Crippen molar-refractivity contribution in [1.82, 2.24) is 25.2 Å². The smallest absolute Gasteiger partial charge is 0.418 e. The van der Waals surface area contributed by atoms with Gasteiger partial charge < -0.3 is 26.0 Å². The van der Waals surface area contributed by atoms with Crippen molar-refractivity contribution in [2.75, 3.05) is 43.4 Å². The summed E-state index contributed by atoms with van der Waals surface area (Å²) in [6, 6.07) is 6.44. The molecule has 42 heavy (non-hydrogen) atoms. The molecule has 10 nitrogen and oxygen atoms in total. The lowest BCUT2D eigenvalue weighted by molar-refractivity contribution is -0.138. The molecule has 1 aromatic carbocycles. The highest BCUT2D eigenvalue weighted by atomic mass is 19.4. The fourth-order valence-corrected chi connectivity index (χ4v) is 5.61. The van der Waals surface area contributed by atoms with Crippen LogP contribution in [0.4, 0.5) is 24.8 Å². The number of carboxylic acids is 1. The normalized spacial score (nSPS) is 18.1. The van der Waals surface area contributed by atoms with Crippen LogP contribution in [0, 0.1) is 5.92 Å². The number of carbonyl (C=O) groups excluding carboxylic acids is 1. The Balaban J connectivity index is 1.14. The number of nitrogens with zero attached hydrogens (tertiary/aromatic N) is 4. The molecule has 1 fully saturated rings. The molecule has 3 aromatic rings. The molecule has 4 heterocycles. The highest BCUT2D eigenvalue weighted by molar-refractivity contribution is 5.93. The molecular formula is C29H34F3N7O3. The number of aromatic nitrogens is 3. The zero-order valence-electron chi connectivity index (χ0n) is 23.1. The standard InChI is InChI=1S/C29H34F3N7O3/c30-29(31,32)22-9-1-8-21-24(22)35-17-36-26(21)38-23(28(41)42)15-34-27(40)19-6-3-13-39(16-19)14-4-7-20-11-10-18-5-2-12-33-25(18)37-20/h1,8-11,17,19,23H,2-7,12-16H2,(H,33,37)(H,34,40)(H,41,42)(H,35,36,38)/t19-,23+/m1/s1. The van der Waals surface area contributed by atoms with Crippen LogP contribution in [0.5, 0.6) is 0 Å². The van der Waals surface area contributed by atoms with Gasteiger partial charge >= 0.3 is 12.1 Å². The molecule has 2 aliphatic rings. The zero-order chi connectivity index (χ0) is 29.7. The Morgan fingerprint density at radius 3 is 2.83 bits per heavy atom. The van der Waals surface area contributed by atoms with Crippen molar-refractivity contribution >= 4 is 34.4 Å². The van der Waals surface area contributed by atoms with E-state index in [4.69, 9.17) is 4.98 Å². The average Bonchev–Trinajstić information content (AvgIpc) is 2.98. The SMILES string of the molecule is O=C(NC[C@H](Nc1ncnc2c(C(F)(F)F)cccc12)C(=O)O)[C@@H]1CCCN(CCCc2ccc3c(n2)NCCC3)C1. The van der Waals surface area contributed by atoms with Gasteiger partial charge in [-0.3, -0.25) is 4.79 Å². The largest absolute Gasteiger partial charge is 0.480 e. The van der Waals surface area contributed by atoms with Crippen LogP contribution in [-0.2, 0) is 28.6 Å². The minimum Gasteiger partial charge on any atom is -0.480 e. The topological polar surface area (TPSA) is 132 Å². The first-order valence-electron chi connectivity index (χ1n) is 14.2. The summed E-state index contributed by atoms with van der Waals surface area (Å²) in [5.74, 6) is -0.872. The van der Waals surface area contributed by atoms with E-state index in [1.165, 1.54) is 17.7 Å². The number of alkyl halides is 3. The number of halogens is 3. The van der Waals surface area contributed by atoms with Gasteiger partial charge in [0.15, 0.2) is 0 Å². The molecule has 5 rings (SSSR count). The van der Waals surface area contributed by atoms with Crippen LogP contribution in [0.3, 0.4) is 0 Å². The number of piperidine rings is 1. The second-order valence-electron chi connectivity index (χ2n) is 10.8. The first-order valence-corrected chi connectivity index (χ1v) is 14.2. The molecule has 2 aromatic heterocycles. The fourth-order valence-electron chi connectivity index (χ4n) is 5.61. The van der Waals surface area contributed by atoms with Crippen molar-refractivity contribution < 1.29 is 27.9 Å². The number of carbonyl (C=O) groups is 2. The van der Waals surface area contributed by atoms with Gasteiger partial charge in [-0.25, -0.2) is 19.7 Å². The van der Waals surface area contributed by atoms with Crippen LogP contribution < -0.4 is 16.0 Å². The summed E-state index contributed by atoms with van der Waals surface area (Å²) in [5, 5.41) is 18.6. The van der Waals surface area contributed by atoms with Crippen LogP contribution in [0.25, 0.3) is 10.9 Å². The summed E-state index contributed by atoms with van der Waals surface area (Å²) in [7, 11) is 0. The number of aliphatic carboxylic acids is 1. The molecule has 2 aliphatic heterocycles. The Morgan fingerprint density at radius 1 is 1.17 bits per heavy atom. The zero-order valence-corrected chi connectivity index (χ0v) is 23.1. The van der Waals surface area contributed by atoms with E-state index in [9.17, 15) is 27.9 Å². The van der Waals surface area contributed by atoms with Crippen LogP contribution in [0.2, 0.25) is 0 Å². The number of anilines is 2. The lowest BCUT2D eigenvalue weighted by Gasteiger charge is -2.32. The molecule has 224 valence electrons. The minimum atomic E-state index is -4.63. The monoisotopic (exact) mass is 585 g/mol. The molecule has 1 amide bonds. The number of amides is 1. The molecule has 13 heteroatoms. The van der Waals surface area contributed by atoms with Gasteiger partial charge in [0.05, 0.1) is 17.0 Å². The molecule has 1 saturated heterocycles. The summed E-state index contributed by atoms with van der Waals surface area (Å²) < 4.78 is 40.3. The maximum absolute atomic E-state index is 13.4. The molecule has 0 bridgehead atoms. The fraction of sp³-hybridized carbons (Fsp3) is 0.483. The average molecular weight is 586 g/mol. The van der Waals surface area contributed by atoms with E-state index in [-0.39, 0.29) is 35.1 Å². The number of benzene rings is 1. The number of hydrogen-bond donors (Lipinski definition) is 4. The van der Waals surface area contributed by atoms with Gasteiger partial charge in [-0.1, -0.05) is 12.1 Å². The van der Waals surface area contributed by atoms with Crippen LogP contribution in [0.1, 0.15) is 42.5 Å². The van der Waals surface area contributed by atoms with Crippen LogP contribution in [0.15, 0.2) is 36.7 Å². The first-order chi connectivity index (χ1) is 20.2. The molecule has 4 N–H and O–H groups in total. The van der Waals surface area contributed by atoms with Gasteiger partial charge in [-0.05, 0) is 75.4 Å². The van der Waals surface area contributed by atoms with E-state index >= 15 is 0 Å². The van der Waals surface area contributed by atoms with Gasteiger partial charge in [0, 0.05) is 30.7 Å². The third-order valence-electron chi connectivity index (χ3n) is 7.80. The molecule has 2 atom stereocenters. The lowest BCUT2D eigenvalue weighted by atomic mass is 9.96. The van der Waals surface area contributed by atoms with Crippen molar-refractivity contribution in [3.8, 4) is 0 Å². The summed E-state index contributed by atoms with van der Waals surface area (Å²) in [6.45, 7) is 2.99. The summed E-state index contributed by atoms with van der Waals surface area (Å²) >= 11 is 0. The number of aryl methyl sites for hydroxylation is 2. The number of fused-ring (bicyclic) bond motifs is 2. The molecular weight excluding hydrogens is 551 g/mol. The molecule has 0 unspecified atom stereocenters. The number of pyridine rings is 1. The summed E-state index contributed by atoms with van der Waals surface area (Å²) in [4.78, 5) is 39.7. The second kappa shape index (κ2) is 12.9. The molecule has 0 radical (unpaired) electrons. The highest BCUT2D eigenvalue weighted by Crippen LogP contribution is 2.35. The maximum atomic E-state index is 13.4. The van der Waals surface area contributed by atoms with E-state index in [0.717, 1.165) is 75.6 Å². The Morgan fingerprint density at radius 2 is 2.02 bits per heavy atom. The van der Waals surface area contributed by atoms with Gasteiger partial charge in [0.25, 0.3) is 0 Å². The van der Waals surface area contributed by atoms with Crippen LogP contribution >= 0.6 is 0 Å². The van der Waals surface area contributed by atoms with E-state index in [2.05, 4.69) is 43.0 Å². The Bertz CT molecular complexity index is 1440. The number of carboxylic acid groups (broad SMARTS) is 1. The molecule has 0 saturated carbocycles. The van der Waals surface area contributed by atoms with E-state index in [1.807, 2.05) is 0 Å². The molecule has 0 aliphatic carbocycles. The van der Waals surface area contributed by atoms with Crippen LogP contribution in [-0.4, -0.2) is 75.6 Å². The highest BCUT2D eigenvalue weighted by Gasteiger charge is 2.34. The van der Waals surface area contributed by atoms with Crippen molar-refractivity contribution in [2.24, 2.45) is 5.92 Å². The van der Waals surface area contributed by atoms with Crippen molar-refractivity contribution in [3.05, 3.63) is 53.5 Å². The number of hydrogen-bond acceptors (Lipinski definition) is 8. The van der Waals surface area contributed by atoms with Crippen molar-refractivity contribution in [1.29, 1.82) is 0 Å². The summed E-state index contributed by atoms with van der Waals surface area (Å²) in [6.07, 6.45) is 1.80. The third kappa shape index (κ3) is 7.07. The lowest BCUT2D eigenvalue weighted by Crippen LogP contribution is -2.47. The molecule has 0 spiro atoms. The van der Waals surface area contributed by atoms with E-state index < -0.39 is 23.8 Å². The van der Waals surface area contributed by atoms with Gasteiger partial charge in [-0.15, -0.1) is 0 Å². The quantitative estimate of drug-likeness (QED) is 0.281. The number of likely N-dealkylation sites (tertiary alicyclic amines) is 1. The first kappa shape index (κ1) is 29.5. The minimum absolute atomic E-state index is 0.0367. The van der Waals surface area contributed by atoms with Gasteiger partial charge in [0.1, 0.15) is 24.0 Å². The number of rotatable bonds is 10. The number of nitrogens with one attached hydrogen (secondary N) is 3. The predicted octanol–water partition coefficient (Wildman–Crippen LogP) is 3.73. The Labute approximate surface area is 241 Å². The Hall–Kier alpha value is -4.00. The van der Waals surface area contributed by atoms with Crippen molar-refractivity contribution in [3.63, 3.8) is 0 Å². The van der Waals surface area contributed by atoms with Gasteiger partial charge in [0.2, 0.25) is 5.91 Å². The van der Waals surface area contributed by atoms with Crippen molar-refractivity contribution in [2.45, 2.75) is 50.7 Å². The second-order valence-corrected chi connectivity index (χ2v) is 10.8. The van der Waals surface area contributed by atoms with E-state index in [1.54, 1.807) is 0 Å². The third-order valence-corrected chi connectivity index (χ3v) is 7.80. The predicted molar refractivity (Wildman–Crippen MR) is 151 cm³/mol. The number of para-hydroxylation sites is 1. The summed E-state index contributed by atoms with van der Waals surface area (Å²) in [5.41, 5.74) is 1.03. The van der Waals surface area contributed by atoms with E-state index in [0.29, 0.717) is 13.0 Å². The Kier molecular flexibility index (Phi) is 9.05.